The summed E-state index contributed by atoms with van der Waals surface area (Å²) in [5.74, 6) is 0.409. The minimum Gasteiger partial charge on any atom is -0.298 e. The molecule has 1 atom stereocenters. The van der Waals surface area contributed by atoms with Crippen molar-refractivity contribution in [2.45, 2.75) is 59.5 Å². The Labute approximate surface area is 178 Å². The first-order valence-corrected chi connectivity index (χ1v) is 11.4. The fourth-order valence-electron chi connectivity index (χ4n) is 5.59. The van der Waals surface area contributed by atoms with Crippen LogP contribution in [0.1, 0.15) is 58.2 Å². The number of ketones is 1. The summed E-state index contributed by atoms with van der Waals surface area (Å²) in [7, 11) is 0. The molecule has 0 radical (unpaired) electrons. The van der Waals surface area contributed by atoms with E-state index in [-0.39, 0.29) is 5.92 Å². The monoisotopic (exact) mass is 401 g/mol. The number of rotatable bonds is 5. The molecule has 30 heavy (non-hydrogen) atoms. The first-order valence-electron chi connectivity index (χ1n) is 11.4. The molecule has 2 heterocycles. The molecule has 1 saturated heterocycles. The lowest BCUT2D eigenvalue weighted by atomic mass is 9.87. The van der Waals surface area contributed by atoms with Crippen molar-refractivity contribution in [1.82, 2.24) is 14.7 Å². The zero-order valence-electron chi connectivity index (χ0n) is 18.4. The Morgan fingerprint density at radius 2 is 1.93 bits per heavy atom. The van der Waals surface area contributed by atoms with Crippen LogP contribution in [0.3, 0.4) is 0 Å². The number of piperidine rings is 1. The van der Waals surface area contributed by atoms with E-state index in [0.29, 0.717) is 5.78 Å². The molecule has 3 aromatic rings. The van der Waals surface area contributed by atoms with Crippen molar-refractivity contribution >= 4 is 16.6 Å². The number of hydrogen-bond donors (Lipinski definition) is 0. The van der Waals surface area contributed by atoms with Crippen LogP contribution in [-0.4, -0.2) is 33.6 Å². The van der Waals surface area contributed by atoms with Crippen LogP contribution < -0.4 is 0 Å². The Bertz CT molecular complexity index is 1120. The van der Waals surface area contributed by atoms with Crippen LogP contribution in [-0.2, 0) is 25.9 Å². The predicted octanol–water partition coefficient (Wildman–Crippen LogP) is 4.87. The number of nitrogens with zero attached hydrogens (tertiary/aromatic N) is 3. The molecule has 0 spiro atoms. The van der Waals surface area contributed by atoms with Crippen LogP contribution in [0.4, 0.5) is 0 Å². The van der Waals surface area contributed by atoms with Gasteiger partial charge in [0.2, 0.25) is 0 Å². The molecule has 4 nitrogen and oxygen atoms in total. The van der Waals surface area contributed by atoms with E-state index in [1.54, 1.807) is 0 Å². The fraction of sp³-hybridized carbons (Fsp3) is 0.462. The van der Waals surface area contributed by atoms with Gasteiger partial charge >= 0.3 is 0 Å². The number of benzene rings is 2. The maximum absolute atomic E-state index is 13.6. The molecule has 2 aliphatic rings. The van der Waals surface area contributed by atoms with E-state index in [0.717, 1.165) is 63.1 Å². The summed E-state index contributed by atoms with van der Waals surface area (Å²) in [4.78, 5) is 16.1. The van der Waals surface area contributed by atoms with E-state index in [1.807, 2.05) is 0 Å². The third kappa shape index (κ3) is 3.18. The fourth-order valence-corrected chi connectivity index (χ4v) is 5.59. The third-order valence-electron chi connectivity index (χ3n) is 7.23. The summed E-state index contributed by atoms with van der Waals surface area (Å²) in [6.07, 6.45) is 4.28. The second-order valence-corrected chi connectivity index (χ2v) is 9.02. The van der Waals surface area contributed by atoms with Gasteiger partial charge in [-0.25, -0.2) is 0 Å². The van der Waals surface area contributed by atoms with E-state index in [1.165, 1.54) is 33.2 Å². The molecule has 1 fully saturated rings. The molecule has 2 aromatic carbocycles. The molecule has 0 unspecified atom stereocenters. The van der Waals surface area contributed by atoms with E-state index in [2.05, 4.69) is 65.8 Å². The molecule has 5 rings (SSSR count). The highest BCUT2D eigenvalue weighted by Gasteiger charge is 2.29. The van der Waals surface area contributed by atoms with Gasteiger partial charge in [-0.1, -0.05) is 30.3 Å². The minimum absolute atomic E-state index is 0.0824. The topological polar surface area (TPSA) is 38.1 Å². The van der Waals surface area contributed by atoms with Gasteiger partial charge in [0.05, 0.1) is 5.69 Å². The van der Waals surface area contributed by atoms with Crippen molar-refractivity contribution in [3.8, 4) is 0 Å². The maximum atomic E-state index is 13.6. The summed E-state index contributed by atoms with van der Waals surface area (Å²) >= 11 is 0. The lowest BCUT2D eigenvalue weighted by molar-refractivity contribution is 0.0813. The highest BCUT2D eigenvalue weighted by molar-refractivity contribution is 6.11. The largest absolute Gasteiger partial charge is 0.298 e. The number of aromatic nitrogens is 2. The van der Waals surface area contributed by atoms with Gasteiger partial charge in [0.25, 0.3) is 0 Å². The average molecular weight is 402 g/mol. The molecule has 0 bridgehead atoms. The van der Waals surface area contributed by atoms with Gasteiger partial charge in [-0.15, -0.1) is 0 Å². The molecule has 4 heteroatoms. The van der Waals surface area contributed by atoms with Crippen LogP contribution in [0.15, 0.2) is 30.3 Å². The molecule has 1 aromatic heterocycles. The van der Waals surface area contributed by atoms with Crippen LogP contribution in [0.5, 0.6) is 0 Å². The number of hydrogen-bond acceptors (Lipinski definition) is 3. The molecule has 1 aliphatic carbocycles. The zero-order chi connectivity index (χ0) is 20.8. The van der Waals surface area contributed by atoms with Crippen molar-refractivity contribution < 1.29 is 4.79 Å². The average Bonchev–Trinajstić information content (AvgIpc) is 3.31. The summed E-state index contributed by atoms with van der Waals surface area (Å²) in [6, 6.07) is 10.8. The predicted molar refractivity (Wildman–Crippen MR) is 121 cm³/mol. The zero-order valence-corrected chi connectivity index (χ0v) is 18.4. The number of carbonyl (C=O) groups is 1. The quantitative estimate of drug-likeness (QED) is 0.573. The lowest BCUT2D eigenvalue weighted by Gasteiger charge is -2.32. The van der Waals surface area contributed by atoms with Gasteiger partial charge < -0.3 is 0 Å². The molecular weight excluding hydrogens is 370 g/mol. The number of likely N-dealkylation sites (tertiary alicyclic amines) is 1. The molecular formula is C26H31N3O. The molecule has 0 N–H and O–H groups in total. The van der Waals surface area contributed by atoms with Gasteiger partial charge in [-0.2, -0.15) is 5.10 Å². The molecule has 1 aliphatic heterocycles. The Morgan fingerprint density at radius 3 is 2.70 bits per heavy atom. The van der Waals surface area contributed by atoms with Crippen molar-refractivity contribution in [3.05, 3.63) is 64.0 Å². The van der Waals surface area contributed by atoms with Gasteiger partial charge in [-0.05, 0) is 74.9 Å². The molecule has 0 saturated carbocycles. The van der Waals surface area contributed by atoms with Crippen LogP contribution in [0, 0.1) is 19.8 Å². The van der Waals surface area contributed by atoms with E-state index in [9.17, 15) is 4.79 Å². The van der Waals surface area contributed by atoms with Gasteiger partial charge in [-0.3, -0.25) is 14.4 Å². The van der Waals surface area contributed by atoms with Crippen LogP contribution in [0.2, 0.25) is 0 Å². The third-order valence-corrected chi connectivity index (χ3v) is 7.23. The van der Waals surface area contributed by atoms with E-state index in [4.69, 9.17) is 0 Å². The van der Waals surface area contributed by atoms with Crippen LogP contribution >= 0.6 is 0 Å². The number of carbonyl (C=O) groups excluding carboxylic acids is 1. The summed E-state index contributed by atoms with van der Waals surface area (Å²) < 4.78 is 2.09. The minimum atomic E-state index is 0.0824. The highest BCUT2D eigenvalue weighted by Crippen LogP contribution is 2.34. The lowest BCUT2D eigenvalue weighted by Crippen LogP contribution is -2.38. The first-order chi connectivity index (χ1) is 14.6. The number of Topliss-reactive ketones (excluding diaryl/α,β-unsaturated/α-hetero) is 1. The van der Waals surface area contributed by atoms with Crippen LogP contribution in [0.25, 0.3) is 10.8 Å². The van der Waals surface area contributed by atoms with E-state index >= 15 is 0 Å². The summed E-state index contributed by atoms with van der Waals surface area (Å²) in [5, 5.41) is 7.18. The van der Waals surface area contributed by atoms with Gasteiger partial charge in [0.1, 0.15) is 0 Å². The van der Waals surface area contributed by atoms with Crippen molar-refractivity contribution in [3.63, 3.8) is 0 Å². The van der Waals surface area contributed by atoms with Gasteiger partial charge in [0.15, 0.2) is 5.78 Å². The number of aryl methyl sites for hydroxylation is 4. The van der Waals surface area contributed by atoms with Crippen molar-refractivity contribution in [2.24, 2.45) is 5.92 Å². The Balaban J connectivity index is 1.39. The summed E-state index contributed by atoms with van der Waals surface area (Å²) in [5.41, 5.74) is 7.44. The maximum Gasteiger partial charge on any atom is 0.167 e. The smallest absolute Gasteiger partial charge is 0.167 e. The second-order valence-electron chi connectivity index (χ2n) is 9.02. The summed E-state index contributed by atoms with van der Waals surface area (Å²) in [6.45, 7) is 10.1. The normalized spacial score (nSPS) is 19.0. The van der Waals surface area contributed by atoms with E-state index < -0.39 is 0 Å². The second kappa shape index (κ2) is 7.66. The highest BCUT2D eigenvalue weighted by atomic mass is 16.1. The SMILES string of the molecule is CCn1nc(C)c(CN2CCC[C@H](C(=O)c3ccc4c5c(cccc35)CC4)C2)c1C. The standard InChI is InChI=1S/C26H31N3O/c1-4-29-18(3)24(17(2)27-29)16-28-14-6-8-21(15-28)26(30)23-13-12-20-11-10-19-7-5-9-22(23)25(19)20/h5,7,9,12-13,21H,4,6,8,10-11,14-16H2,1-3H3/t21-/m0/s1. The first kappa shape index (κ1) is 19.5. The Kier molecular flexibility index (Phi) is 4.98. The van der Waals surface area contributed by atoms with Gasteiger partial charge in [0, 0.05) is 42.4 Å². The van der Waals surface area contributed by atoms with Crippen molar-refractivity contribution in [1.29, 1.82) is 0 Å². The molecule has 0 amide bonds. The Hall–Kier alpha value is -2.46. The molecule has 156 valence electrons. The Morgan fingerprint density at radius 1 is 1.13 bits per heavy atom. The van der Waals surface area contributed by atoms with Crippen molar-refractivity contribution in [2.75, 3.05) is 13.1 Å².